The van der Waals surface area contributed by atoms with Crippen LogP contribution in [0.15, 0.2) is 0 Å². The van der Waals surface area contributed by atoms with Crippen LogP contribution in [0, 0.1) is 5.92 Å². The van der Waals surface area contributed by atoms with Crippen molar-refractivity contribution < 1.29 is 18.0 Å². The average Bonchev–Trinajstić information content (AvgIpc) is 1.85. The first-order chi connectivity index (χ1) is 5.25. The van der Waals surface area contributed by atoms with Gasteiger partial charge >= 0.3 is 6.18 Å². The van der Waals surface area contributed by atoms with E-state index in [0.29, 0.717) is 0 Å². The van der Waals surface area contributed by atoms with E-state index in [9.17, 15) is 18.0 Å². The lowest BCUT2D eigenvalue weighted by atomic mass is 10.1. The van der Waals surface area contributed by atoms with Crippen molar-refractivity contribution in [2.45, 2.75) is 10.5 Å². The van der Waals surface area contributed by atoms with Crippen molar-refractivity contribution in [2.75, 3.05) is 5.88 Å². The first-order valence-electron chi connectivity index (χ1n) is 2.72. The fraction of sp³-hybridized carbons (Fsp3) is 0.800. The maximum atomic E-state index is 12.0. The average molecular weight is 243 g/mol. The number of halogens is 6. The second-order valence-corrected chi connectivity index (χ2v) is 3.79. The van der Waals surface area contributed by atoms with Crippen molar-refractivity contribution in [3.63, 3.8) is 0 Å². The summed E-state index contributed by atoms with van der Waals surface area (Å²) in [6, 6.07) is 0. The third-order valence-electron chi connectivity index (χ3n) is 1.17. The molecule has 7 heteroatoms. The minimum atomic E-state index is -4.67. The lowest BCUT2D eigenvalue weighted by molar-refractivity contribution is -0.172. The van der Waals surface area contributed by atoms with Crippen LogP contribution in [0.5, 0.6) is 0 Å². The van der Waals surface area contributed by atoms with Crippen LogP contribution >= 0.6 is 34.8 Å². The van der Waals surface area contributed by atoms with Gasteiger partial charge in [-0.2, -0.15) is 13.2 Å². The van der Waals surface area contributed by atoms with E-state index in [1.807, 2.05) is 0 Å². The summed E-state index contributed by atoms with van der Waals surface area (Å²) < 4.78 is 33.5. The summed E-state index contributed by atoms with van der Waals surface area (Å²) in [7, 11) is 0. The number of hydrogen-bond donors (Lipinski definition) is 0. The number of aldehydes is 1. The second kappa shape index (κ2) is 4.03. The van der Waals surface area contributed by atoms with E-state index in [0.717, 1.165) is 0 Å². The Hall–Kier alpha value is 0.330. The third-order valence-corrected chi connectivity index (χ3v) is 2.18. The van der Waals surface area contributed by atoms with Crippen molar-refractivity contribution >= 4 is 41.1 Å². The van der Waals surface area contributed by atoms with E-state index >= 15 is 0 Å². The Labute approximate surface area is 81.8 Å². The SMILES string of the molecule is O=CC(Cl)(Cl)C(CCl)C(F)(F)F. The van der Waals surface area contributed by atoms with E-state index in [1.165, 1.54) is 0 Å². The van der Waals surface area contributed by atoms with Gasteiger partial charge in [0.05, 0.1) is 0 Å². The lowest BCUT2D eigenvalue weighted by Crippen LogP contribution is -2.40. The highest BCUT2D eigenvalue weighted by Gasteiger charge is 2.51. The largest absolute Gasteiger partial charge is 0.396 e. The number of carbonyl (C=O) groups excluding carboxylic acids is 1. The normalized spacial score (nSPS) is 15.8. The van der Waals surface area contributed by atoms with Gasteiger partial charge < -0.3 is 0 Å². The van der Waals surface area contributed by atoms with Gasteiger partial charge in [0.25, 0.3) is 0 Å². The van der Waals surface area contributed by atoms with Crippen LogP contribution in [0.4, 0.5) is 13.2 Å². The molecule has 0 aliphatic heterocycles. The predicted molar refractivity (Wildman–Crippen MR) is 40.8 cm³/mol. The molecule has 0 aliphatic carbocycles. The monoisotopic (exact) mass is 242 g/mol. The summed E-state index contributed by atoms with van der Waals surface area (Å²) in [6.07, 6.45) is -4.86. The molecule has 1 nitrogen and oxygen atoms in total. The fourth-order valence-corrected chi connectivity index (χ4v) is 1.47. The van der Waals surface area contributed by atoms with Crippen molar-refractivity contribution in [1.29, 1.82) is 0 Å². The first-order valence-corrected chi connectivity index (χ1v) is 4.01. The van der Waals surface area contributed by atoms with Gasteiger partial charge in [0.15, 0.2) is 10.6 Å². The smallest absolute Gasteiger partial charge is 0.300 e. The highest BCUT2D eigenvalue weighted by molar-refractivity contribution is 6.56. The standard InChI is InChI=1S/C5H4Cl3F3O/c6-1-3(5(9,10)11)4(7,8)2-12/h2-3H,1H2. The third kappa shape index (κ3) is 2.99. The molecule has 12 heavy (non-hydrogen) atoms. The van der Waals surface area contributed by atoms with Crippen molar-refractivity contribution in [2.24, 2.45) is 5.92 Å². The number of hydrogen-bond acceptors (Lipinski definition) is 1. The predicted octanol–water partition coefficient (Wildman–Crippen LogP) is 2.78. The van der Waals surface area contributed by atoms with Gasteiger partial charge in [-0.25, -0.2) is 0 Å². The van der Waals surface area contributed by atoms with Gasteiger partial charge in [0.2, 0.25) is 0 Å². The van der Waals surface area contributed by atoms with Gasteiger partial charge in [-0.15, -0.1) is 11.6 Å². The molecule has 0 aromatic heterocycles. The van der Waals surface area contributed by atoms with E-state index in [-0.39, 0.29) is 6.29 Å². The molecule has 0 rings (SSSR count). The molecular formula is C5H4Cl3F3O. The highest BCUT2D eigenvalue weighted by Crippen LogP contribution is 2.40. The van der Waals surface area contributed by atoms with Crippen LogP contribution in [0.3, 0.4) is 0 Å². The molecule has 0 saturated carbocycles. The molecular weight excluding hydrogens is 239 g/mol. The molecule has 0 N–H and O–H groups in total. The molecule has 0 aromatic rings. The lowest BCUT2D eigenvalue weighted by Gasteiger charge is -2.24. The molecule has 0 bridgehead atoms. The van der Waals surface area contributed by atoms with Gasteiger partial charge in [0.1, 0.15) is 5.92 Å². The second-order valence-electron chi connectivity index (χ2n) is 2.04. The Balaban J connectivity index is 4.67. The molecule has 0 amide bonds. The molecule has 0 spiro atoms. The Morgan fingerprint density at radius 1 is 1.33 bits per heavy atom. The molecule has 1 atom stereocenters. The zero-order valence-electron chi connectivity index (χ0n) is 5.54. The van der Waals surface area contributed by atoms with Crippen LogP contribution < -0.4 is 0 Å². The van der Waals surface area contributed by atoms with Gasteiger partial charge in [0, 0.05) is 5.88 Å². The van der Waals surface area contributed by atoms with E-state index in [4.69, 9.17) is 34.8 Å². The molecule has 0 aromatic carbocycles. The molecule has 1 unspecified atom stereocenters. The summed E-state index contributed by atoms with van der Waals surface area (Å²) in [5.74, 6) is -3.10. The first kappa shape index (κ1) is 12.3. The number of carbonyl (C=O) groups is 1. The van der Waals surface area contributed by atoms with Crippen LogP contribution in [-0.2, 0) is 4.79 Å². The topological polar surface area (TPSA) is 17.1 Å². The molecule has 0 fully saturated rings. The zero-order chi connectivity index (χ0) is 9.99. The summed E-state index contributed by atoms with van der Waals surface area (Å²) in [6.45, 7) is 0. The Bertz CT molecular complexity index is 168. The molecule has 0 heterocycles. The van der Waals surface area contributed by atoms with Crippen molar-refractivity contribution in [3.05, 3.63) is 0 Å². The Morgan fingerprint density at radius 2 is 1.75 bits per heavy atom. The molecule has 0 aliphatic rings. The Morgan fingerprint density at radius 3 is 1.83 bits per heavy atom. The Kier molecular flexibility index (Phi) is 4.14. The minimum absolute atomic E-state index is 0.184. The minimum Gasteiger partial charge on any atom is -0.300 e. The summed E-state index contributed by atoms with van der Waals surface area (Å²) in [5, 5.41) is 0. The number of alkyl halides is 6. The number of rotatable bonds is 3. The van der Waals surface area contributed by atoms with Crippen LogP contribution in [0.2, 0.25) is 0 Å². The van der Waals surface area contributed by atoms with Crippen molar-refractivity contribution in [3.8, 4) is 0 Å². The molecule has 72 valence electrons. The van der Waals surface area contributed by atoms with Crippen LogP contribution in [0.1, 0.15) is 0 Å². The summed E-state index contributed by atoms with van der Waals surface area (Å²) in [4.78, 5) is 10.1. The van der Waals surface area contributed by atoms with E-state index in [2.05, 4.69) is 0 Å². The zero-order valence-corrected chi connectivity index (χ0v) is 7.81. The van der Waals surface area contributed by atoms with E-state index in [1.54, 1.807) is 0 Å². The van der Waals surface area contributed by atoms with Crippen LogP contribution in [-0.4, -0.2) is 22.7 Å². The van der Waals surface area contributed by atoms with Crippen LogP contribution in [0.25, 0.3) is 0 Å². The maximum Gasteiger partial charge on any atom is 0.396 e. The van der Waals surface area contributed by atoms with Gasteiger partial charge in [-0.3, -0.25) is 4.79 Å². The molecule has 0 saturated heterocycles. The van der Waals surface area contributed by atoms with Gasteiger partial charge in [-0.1, -0.05) is 23.2 Å². The summed E-state index contributed by atoms with van der Waals surface area (Å²) in [5.41, 5.74) is 0. The highest BCUT2D eigenvalue weighted by atomic mass is 35.5. The van der Waals surface area contributed by atoms with E-state index < -0.39 is 22.3 Å². The fourth-order valence-electron chi connectivity index (χ4n) is 0.491. The summed E-state index contributed by atoms with van der Waals surface area (Å²) >= 11 is 15.1. The quantitative estimate of drug-likeness (QED) is 0.550. The molecule has 0 radical (unpaired) electrons. The van der Waals surface area contributed by atoms with Gasteiger partial charge in [-0.05, 0) is 0 Å². The maximum absolute atomic E-state index is 12.0. The van der Waals surface area contributed by atoms with Crippen molar-refractivity contribution in [1.82, 2.24) is 0 Å².